The third kappa shape index (κ3) is 2.71. The van der Waals surface area contributed by atoms with Crippen molar-refractivity contribution in [3.63, 3.8) is 0 Å². The quantitative estimate of drug-likeness (QED) is 0.748. The predicted octanol–water partition coefficient (Wildman–Crippen LogP) is 1.22. The summed E-state index contributed by atoms with van der Waals surface area (Å²) in [6.45, 7) is 10.7. The molecule has 3 heteroatoms. The molecule has 1 heterocycles. The molecule has 0 bridgehead atoms. The zero-order valence-electron chi connectivity index (χ0n) is 10.3. The lowest BCUT2D eigenvalue weighted by Crippen LogP contribution is -2.51. The number of nitrogens with two attached hydrogens (primary N) is 1. The molecule has 0 aromatic rings. The van der Waals surface area contributed by atoms with Crippen molar-refractivity contribution < 1.29 is 4.74 Å². The van der Waals surface area contributed by atoms with Crippen LogP contribution in [0.5, 0.6) is 0 Å². The molecule has 1 spiro atoms. The number of hydrogen-bond donors (Lipinski definition) is 1. The molecule has 0 aromatic carbocycles. The Morgan fingerprint density at radius 1 is 1.40 bits per heavy atom. The maximum Gasteiger partial charge on any atom is 0.0811 e. The first-order valence-electron chi connectivity index (χ1n) is 6.03. The molecule has 88 valence electrons. The lowest BCUT2D eigenvalue weighted by molar-refractivity contribution is -0.0499. The molecule has 1 atom stereocenters. The monoisotopic (exact) mass is 212 g/mol. The van der Waals surface area contributed by atoms with Crippen molar-refractivity contribution in [2.75, 3.05) is 26.2 Å². The maximum absolute atomic E-state index is 6.21. The standard InChI is InChI=1S/C12H24N2O/c1-11(2,3)10(13)8-14-6-7-15-12(9-14)4-5-12/h10H,4-9,13H2,1-3H3/t10-/m1/s1. The van der Waals surface area contributed by atoms with E-state index in [1.165, 1.54) is 12.8 Å². The van der Waals surface area contributed by atoms with E-state index < -0.39 is 0 Å². The topological polar surface area (TPSA) is 38.5 Å². The van der Waals surface area contributed by atoms with Crippen LogP contribution in [0.1, 0.15) is 33.6 Å². The van der Waals surface area contributed by atoms with E-state index in [0.717, 1.165) is 26.2 Å². The lowest BCUT2D eigenvalue weighted by atomic mass is 9.87. The number of nitrogens with zero attached hydrogens (tertiary/aromatic N) is 1. The van der Waals surface area contributed by atoms with Gasteiger partial charge in [-0.25, -0.2) is 0 Å². The molecule has 2 aliphatic rings. The third-order valence-corrected chi connectivity index (χ3v) is 3.70. The first-order valence-corrected chi connectivity index (χ1v) is 6.03. The number of hydrogen-bond acceptors (Lipinski definition) is 3. The van der Waals surface area contributed by atoms with E-state index in [-0.39, 0.29) is 17.1 Å². The maximum atomic E-state index is 6.21. The van der Waals surface area contributed by atoms with Crippen LogP contribution in [0, 0.1) is 5.41 Å². The third-order valence-electron chi connectivity index (χ3n) is 3.70. The van der Waals surface area contributed by atoms with Gasteiger partial charge in [0.05, 0.1) is 12.2 Å². The van der Waals surface area contributed by atoms with Gasteiger partial charge >= 0.3 is 0 Å². The van der Waals surface area contributed by atoms with Gasteiger partial charge < -0.3 is 10.5 Å². The average Bonchev–Trinajstić information content (AvgIpc) is 2.83. The minimum absolute atomic E-state index is 0.203. The summed E-state index contributed by atoms with van der Waals surface area (Å²) < 4.78 is 5.79. The molecule has 15 heavy (non-hydrogen) atoms. The first kappa shape index (κ1) is 11.4. The number of ether oxygens (including phenoxy) is 1. The summed E-state index contributed by atoms with van der Waals surface area (Å²) in [5.41, 5.74) is 6.64. The van der Waals surface area contributed by atoms with Crippen molar-refractivity contribution in [2.24, 2.45) is 11.1 Å². The minimum atomic E-state index is 0.203. The highest BCUT2D eigenvalue weighted by molar-refractivity contribution is 5.01. The highest BCUT2D eigenvalue weighted by Gasteiger charge is 2.47. The lowest BCUT2D eigenvalue weighted by Gasteiger charge is -2.37. The molecule has 2 N–H and O–H groups in total. The van der Waals surface area contributed by atoms with Gasteiger partial charge in [0.2, 0.25) is 0 Å². The van der Waals surface area contributed by atoms with Crippen molar-refractivity contribution in [1.82, 2.24) is 4.90 Å². The largest absolute Gasteiger partial charge is 0.372 e. The average molecular weight is 212 g/mol. The molecule has 1 saturated carbocycles. The van der Waals surface area contributed by atoms with E-state index >= 15 is 0 Å². The van der Waals surface area contributed by atoms with Crippen LogP contribution in [0.2, 0.25) is 0 Å². The molecule has 1 aliphatic heterocycles. The van der Waals surface area contributed by atoms with Gasteiger partial charge in [0, 0.05) is 25.7 Å². The van der Waals surface area contributed by atoms with Crippen molar-refractivity contribution in [3.8, 4) is 0 Å². The summed E-state index contributed by atoms with van der Waals surface area (Å²) in [7, 11) is 0. The van der Waals surface area contributed by atoms with Gasteiger partial charge in [0.25, 0.3) is 0 Å². The van der Waals surface area contributed by atoms with Gasteiger partial charge in [-0.1, -0.05) is 20.8 Å². The summed E-state index contributed by atoms with van der Waals surface area (Å²) >= 11 is 0. The van der Waals surface area contributed by atoms with Gasteiger partial charge in [0.1, 0.15) is 0 Å². The molecule has 2 rings (SSSR count). The Kier molecular flexibility index (Phi) is 2.82. The molecule has 0 radical (unpaired) electrons. The van der Waals surface area contributed by atoms with Crippen molar-refractivity contribution in [2.45, 2.75) is 45.3 Å². The van der Waals surface area contributed by atoms with Crippen molar-refractivity contribution >= 4 is 0 Å². The van der Waals surface area contributed by atoms with Gasteiger partial charge in [-0.15, -0.1) is 0 Å². The molecule has 2 fully saturated rings. The van der Waals surface area contributed by atoms with E-state index in [9.17, 15) is 0 Å². The van der Waals surface area contributed by atoms with Crippen molar-refractivity contribution in [1.29, 1.82) is 0 Å². The van der Waals surface area contributed by atoms with Crippen LogP contribution in [-0.4, -0.2) is 42.8 Å². The van der Waals surface area contributed by atoms with Crippen LogP contribution in [0.15, 0.2) is 0 Å². The normalized spacial score (nSPS) is 28.0. The second kappa shape index (κ2) is 3.72. The van der Waals surface area contributed by atoms with Crippen LogP contribution in [0.3, 0.4) is 0 Å². The Balaban J connectivity index is 1.84. The molecule has 0 unspecified atom stereocenters. The molecule has 1 saturated heterocycles. The van der Waals surface area contributed by atoms with Crippen LogP contribution >= 0.6 is 0 Å². The fourth-order valence-electron chi connectivity index (χ4n) is 2.07. The second-order valence-corrected chi connectivity index (χ2v) is 6.24. The van der Waals surface area contributed by atoms with Gasteiger partial charge in [-0.05, 0) is 18.3 Å². The van der Waals surface area contributed by atoms with Crippen LogP contribution in [-0.2, 0) is 4.74 Å². The molecule has 3 nitrogen and oxygen atoms in total. The van der Waals surface area contributed by atoms with E-state index in [1.807, 2.05) is 0 Å². The Morgan fingerprint density at radius 3 is 2.60 bits per heavy atom. The predicted molar refractivity (Wildman–Crippen MR) is 61.8 cm³/mol. The Labute approximate surface area is 93.0 Å². The zero-order chi connectivity index (χ0) is 11.1. The van der Waals surface area contributed by atoms with Crippen LogP contribution < -0.4 is 5.73 Å². The van der Waals surface area contributed by atoms with Gasteiger partial charge in [0.15, 0.2) is 0 Å². The van der Waals surface area contributed by atoms with E-state index in [4.69, 9.17) is 10.5 Å². The highest BCUT2D eigenvalue weighted by Crippen LogP contribution is 2.42. The fourth-order valence-corrected chi connectivity index (χ4v) is 2.07. The van der Waals surface area contributed by atoms with E-state index in [2.05, 4.69) is 25.7 Å². The van der Waals surface area contributed by atoms with Gasteiger partial charge in [-0.3, -0.25) is 4.90 Å². The summed E-state index contributed by atoms with van der Waals surface area (Å²) in [5.74, 6) is 0. The molecule has 1 aliphatic carbocycles. The SMILES string of the molecule is CC(C)(C)[C@H](N)CN1CCOC2(CC2)C1. The molecular formula is C12H24N2O. The zero-order valence-corrected chi connectivity index (χ0v) is 10.3. The fraction of sp³-hybridized carbons (Fsp3) is 1.00. The summed E-state index contributed by atoms with van der Waals surface area (Å²) in [5, 5.41) is 0. The minimum Gasteiger partial charge on any atom is -0.372 e. The Hall–Kier alpha value is -0.120. The highest BCUT2D eigenvalue weighted by atomic mass is 16.5. The Bertz CT molecular complexity index is 230. The smallest absolute Gasteiger partial charge is 0.0811 e. The van der Waals surface area contributed by atoms with Crippen molar-refractivity contribution in [3.05, 3.63) is 0 Å². The molecular weight excluding hydrogens is 188 g/mol. The van der Waals surface area contributed by atoms with E-state index in [1.54, 1.807) is 0 Å². The number of morpholine rings is 1. The number of rotatable bonds is 2. The summed E-state index contributed by atoms with van der Waals surface area (Å²) in [4.78, 5) is 2.48. The summed E-state index contributed by atoms with van der Waals surface area (Å²) in [6, 6.07) is 0.256. The summed E-state index contributed by atoms with van der Waals surface area (Å²) in [6.07, 6.45) is 2.49. The first-order chi connectivity index (χ1) is 6.91. The molecule has 0 aromatic heterocycles. The second-order valence-electron chi connectivity index (χ2n) is 6.24. The molecule has 0 amide bonds. The van der Waals surface area contributed by atoms with Crippen LogP contribution in [0.4, 0.5) is 0 Å². The van der Waals surface area contributed by atoms with Gasteiger partial charge in [-0.2, -0.15) is 0 Å². The Morgan fingerprint density at radius 2 is 2.07 bits per heavy atom. The van der Waals surface area contributed by atoms with Crippen LogP contribution in [0.25, 0.3) is 0 Å². The van der Waals surface area contributed by atoms with E-state index in [0.29, 0.717) is 0 Å².